The molecule has 1 aromatic rings. The van der Waals surface area contributed by atoms with E-state index in [1.54, 1.807) is 9.34 Å². The quantitative estimate of drug-likeness (QED) is 0.225. The molecule has 14 nitrogen and oxygen atoms in total. The van der Waals surface area contributed by atoms with Crippen LogP contribution in [0.1, 0.15) is 12.8 Å². The van der Waals surface area contributed by atoms with Crippen LogP contribution in [0.2, 0.25) is 0 Å². The van der Waals surface area contributed by atoms with Crippen molar-refractivity contribution in [2.45, 2.75) is 12.8 Å². The Labute approximate surface area is 277 Å². The summed E-state index contributed by atoms with van der Waals surface area (Å²) in [7, 11) is 5.78. The van der Waals surface area contributed by atoms with Crippen molar-refractivity contribution in [3.63, 3.8) is 0 Å². The topological polar surface area (TPSA) is 132 Å². The first-order valence-corrected chi connectivity index (χ1v) is 19.2. The molecule has 0 bridgehead atoms. The van der Waals surface area contributed by atoms with Crippen molar-refractivity contribution in [2.75, 3.05) is 133 Å². The van der Waals surface area contributed by atoms with Crippen LogP contribution >= 0.6 is 61.7 Å². The fourth-order valence-electron chi connectivity index (χ4n) is 3.50. The lowest BCUT2D eigenvalue weighted by molar-refractivity contribution is 0.232. The molecular formula is C23H48Cl4N10O4P2. The third kappa shape index (κ3) is 14.4. The van der Waals surface area contributed by atoms with E-state index in [0.717, 1.165) is 25.9 Å². The van der Waals surface area contributed by atoms with Crippen LogP contribution in [0.4, 0.5) is 17.8 Å². The molecule has 3 rings (SSSR count). The Morgan fingerprint density at radius 2 is 0.884 bits per heavy atom. The van der Waals surface area contributed by atoms with E-state index in [-0.39, 0.29) is 0 Å². The standard InChI is InChI=1S/C9H18N6.2C7H15Cl2N2O2P/c1-13(2)7-10-8(14(3)4)12-9(11-7)15(5)6;2*8-2-5-11(6-3-9)14(12)10-4-1-7-13-14/h1-6H3;2*1-7H2,(H,10,12). The second-order valence-electron chi connectivity index (χ2n) is 9.81. The van der Waals surface area contributed by atoms with Gasteiger partial charge in [0.25, 0.3) is 0 Å². The highest BCUT2D eigenvalue weighted by molar-refractivity contribution is 7.54. The Morgan fingerprint density at radius 3 is 1.07 bits per heavy atom. The van der Waals surface area contributed by atoms with E-state index in [0.29, 0.717) is 80.8 Å². The van der Waals surface area contributed by atoms with Gasteiger partial charge in [0.1, 0.15) is 0 Å². The van der Waals surface area contributed by atoms with Gasteiger partial charge in [-0.15, -0.1) is 46.4 Å². The lowest BCUT2D eigenvalue weighted by atomic mass is 10.5. The van der Waals surface area contributed by atoms with Crippen LogP contribution in [0.3, 0.4) is 0 Å². The molecule has 2 saturated heterocycles. The number of alkyl halides is 4. The van der Waals surface area contributed by atoms with Gasteiger partial charge in [0.05, 0.1) is 13.2 Å². The lowest BCUT2D eigenvalue weighted by Gasteiger charge is -2.33. The van der Waals surface area contributed by atoms with E-state index in [1.807, 2.05) is 57.0 Å². The molecule has 0 spiro atoms. The van der Waals surface area contributed by atoms with E-state index in [9.17, 15) is 9.13 Å². The van der Waals surface area contributed by atoms with Crippen molar-refractivity contribution in [1.29, 1.82) is 0 Å². The first-order chi connectivity index (χ1) is 20.4. The van der Waals surface area contributed by atoms with E-state index in [1.165, 1.54) is 0 Å². The molecule has 0 radical (unpaired) electrons. The van der Waals surface area contributed by atoms with Gasteiger partial charge < -0.3 is 23.7 Å². The van der Waals surface area contributed by atoms with Crippen molar-refractivity contribution in [3.05, 3.63) is 0 Å². The summed E-state index contributed by atoms with van der Waals surface area (Å²) in [5.74, 6) is 3.68. The van der Waals surface area contributed by atoms with E-state index in [2.05, 4.69) is 25.1 Å². The van der Waals surface area contributed by atoms with Gasteiger partial charge in [-0.25, -0.2) is 19.5 Å². The molecule has 2 N–H and O–H groups in total. The van der Waals surface area contributed by atoms with E-state index >= 15 is 0 Å². The van der Waals surface area contributed by atoms with Gasteiger partial charge in [-0.05, 0) is 12.8 Å². The molecule has 2 atom stereocenters. The summed E-state index contributed by atoms with van der Waals surface area (Å²) in [6, 6.07) is 0. The minimum absolute atomic E-state index is 0.423. The van der Waals surface area contributed by atoms with Crippen molar-refractivity contribution in [3.8, 4) is 0 Å². The Balaban J connectivity index is 0.000000323. The first kappa shape index (κ1) is 40.8. The summed E-state index contributed by atoms with van der Waals surface area (Å²) in [6.07, 6.45) is 1.78. The summed E-state index contributed by atoms with van der Waals surface area (Å²) in [5.41, 5.74) is 0. The third-order valence-electron chi connectivity index (χ3n) is 5.71. The summed E-state index contributed by atoms with van der Waals surface area (Å²) < 4.78 is 38.3. The van der Waals surface area contributed by atoms with Crippen LogP contribution in [0.15, 0.2) is 0 Å². The number of aromatic nitrogens is 3. The van der Waals surface area contributed by atoms with E-state index < -0.39 is 15.3 Å². The minimum Gasteiger partial charge on any atom is -0.347 e. The second kappa shape index (κ2) is 21.6. The molecule has 2 aliphatic heterocycles. The SMILES string of the molecule is CN(C)c1nc(N(C)C)nc(N(C)C)n1.O=P1(N(CCCl)CCCl)NCCCO1.O=P1(N(CCCl)CCCl)NCCCO1. The molecule has 20 heteroatoms. The summed E-state index contributed by atoms with van der Waals surface area (Å²) in [6.45, 7) is 4.61. The zero-order chi connectivity index (χ0) is 32.5. The first-order valence-electron chi connectivity index (χ1n) is 13.9. The van der Waals surface area contributed by atoms with Gasteiger partial charge in [-0.3, -0.25) is 9.13 Å². The fraction of sp³-hybridized carbons (Fsp3) is 0.870. The number of hydrogen-bond donors (Lipinski definition) is 2. The van der Waals surface area contributed by atoms with Crippen LogP contribution in [0.5, 0.6) is 0 Å². The van der Waals surface area contributed by atoms with Crippen LogP contribution in [-0.2, 0) is 18.2 Å². The molecular weight excluding hydrogens is 684 g/mol. The number of nitrogens with one attached hydrogen (secondary N) is 2. The smallest absolute Gasteiger partial charge is 0.343 e. The van der Waals surface area contributed by atoms with Gasteiger partial charge in [-0.2, -0.15) is 15.0 Å². The zero-order valence-corrected chi connectivity index (χ0v) is 30.8. The molecule has 43 heavy (non-hydrogen) atoms. The van der Waals surface area contributed by atoms with Crippen molar-refractivity contribution in [2.24, 2.45) is 0 Å². The number of hydrogen-bond acceptors (Lipinski definition) is 10. The van der Waals surface area contributed by atoms with Crippen molar-refractivity contribution in [1.82, 2.24) is 34.5 Å². The maximum Gasteiger partial charge on any atom is 0.343 e. The molecule has 252 valence electrons. The van der Waals surface area contributed by atoms with Gasteiger partial charge >= 0.3 is 15.3 Å². The van der Waals surface area contributed by atoms with Crippen molar-refractivity contribution >= 4 is 79.6 Å². The maximum absolute atomic E-state index is 12.2. The Kier molecular flexibility index (Phi) is 20.5. The van der Waals surface area contributed by atoms with E-state index in [4.69, 9.17) is 55.5 Å². The number of halogens is 4. The highest BCUT2D eigenvalue weighted by atomic mass is 35.5. The largest absolute Gasteiger partial charge is 0.347 e. The summed E-state index contributed by atoms with van der Waals surface area (Å²) in [5, 5.41) is 5.81. The van der Waals surface area contributed by atoms with Gasteiger partial charge in [-0.1, -0.05) is 0 Å². The minimum atomic E-state index is -2.84. The molecule has 2 unspecified atom stereocenters. The average Bonchev–Trinajstić information content (AvgIpc) is 2.98. The molecule has 0 saturated carbocycles. The van der Waals surface area contributed by atoms with Gasteiger partial charge in [0.15, 0.2) is 0 Å². The monoisotopic (exact) mass is 730 g/mol. The Bertz CT molecular complexity index is 878. The Morgan fingerprint density at radius 1 is 0.605 bits per heavy atom. The molecule has 0 amide bonds. The molecule has 1 aromatic heterocycles. The highest BCUT2D eigenvalue weighted by Gasteiger charge is 2.33. The van der Waals surface area contributed by atoms with Crippen LogP contribution in [0.25, 0.3) is 0 Å². The van der Waals surface area contributed by atoms with Gasteiger partial charge in [0.2, 0.25) is 17.8 Å². The number of rotatable bonds is 13. The predicted octanol–water partition coefficient (Wildman–Crippen LogP) is 3.84. The number of anilines is 3. The summed E-state index contributed by atoms with van der Waals surface area (Å²) >= 11 is 22.5. The van der Waals surface area contributed by atoms with Crippen LogP contribution in [-0.4, -0.2) is 143 Å². The van der Waals surface area contributed by atoms with Crippen molar-refractivity contribution < 1.29 is 18.2 Å². The predicted molar refractivity (Wildman–Crippen MR) is 181 cm³/mol. The normalized spacial score (nSPS) is 21.9. The molecule has 3 heterocycles. The molecule has 0 aliphatic carbocycles. The second-order valence-corrected chi connectivity index (χ2v) is 15.7. The lowest BCUT2D eigenvalue weighted by Crippen LogP contribution is -2.35. The van der Waals surface area contributed by atoms with Crippen LogP contribution in [0, 0.1) is 0 Å². The summed E-state index contributed by atoms with van der Waals surface area (Å²) in [4.78, 5) is 18.5. The molecule has 2 aliphatic rings. The average molecular weight is 732 g/mol. The Hall–Kier alpha value is -0.210. The highest BCUT2D eigenvalue weighted by Crippen LogP contribution is 2.48. The number of nitrogens with zero attached hydrogens (tertiary/aromatic N) is 8. The molecule has 0 aromatic carbocycles. The molecule has 2 fully saturated rings. The maximum atomic E-state index is 12.2. The zero-order valence-electron chi connectivity index (χ0n) is 26.0. The van der Waals surface area contributed by atoms with Gasteiger partial charge in [0, 0.05) is 105 Å². The fourth-order valence-corrected chi connectivity index (χ4v) is 8.78. The third-order valence-corrected chi connectivity index (χ3v) is 11.0. The van der Waals surface area contributed by atoms with Crippen LogP contribution < -0.4 is 24.9 Å².